The number of nitrogens with one attached hydrogen (secondary N) is 1. The predicted octanol–water partition coefficient (Wildman–Crippen LogP) is 0.752. The lowest BCUT2D eigenvalue weighted by atomic mass is 10.2. The summed E-state index contributed by atoms with van der Waals surface area (Å²) in [6, 6.07) is 8.85. The maximum Gasteiger partial charge on any atom is 0.252 e. The highest BCUT2D eigenvalue weighted by molar-refractivity contribution is 7.84. The van der Waals surface area contributed by atoms with Crippen LogP contribution in [0.2, 0.25) is 0 Å². The Morgan fingerprint density at radius 2 is 2.00 bits per heavy atom. The zero-order valence-corrected chi connectivity index (χ0v) is 8.14. The highest BCUT2D eigenvalue weighted by Crippen LogP contribution is 1.97. The van der Waals surface area contributed by atoms with Crippen LogP contribution in [0.3, 0.4) is 0 Å². The number of carbonyl (C=O) groups excluding carboxylic acids is 1. The molecule has 0 saturated heterocycles. The maximum absolute atomic E-state index is 11.3. The van der Waals surface area contributed by atoms with E-state index in [0.717, 1.165) is 0 Å². The molecule has 0 aliphatic carbocycles. The first-order valence-corrected chi connectivity index (χ1v) is 5.56. The molecule has 70 valence electrons. The normalized spacial score (nSPS) is 12.1. The number of amides is 1. The fourth-order valence-electron chi connectivity index (χ4n) is 0.859. The van der Waals surface area contributed by atoms with Gasteiger partial charge >= 0.3 is 0 Å². The summed E-state index contributed by atoms with van der Waals surface area (Å²) in [5, 5.41) is 2.56. The second-order valence-electron chi connectivity index (χ2n) is 2.59. The Labute approximate surface area is 79.6 Å². The number of carbonyl (C=O) groups is 1. The first kappa shape index (κ1) is 9.92. The highest BCUT2D eigenvalue weighted by Gasteiger charge is 2.03. The van der Waals surface area contributed by atoms with Crippen LogP contribution >= 0.6 is 0 Å². The summed E-state index contributed by atoms with van der Waals surface area (Å²) < 4.78 is 10.7. The van der Waals surface area contributed by atoms with Crippen LogP contribution in [0.5, 0.6) is 0 Å². The summed E-state index contributed by atoms with van der Waals surface area (Å²) in [7, 11) is -0.992. The third-order valence-electron chi connectivity index (χ3n) is 1.47. The first-order valence-electron chi connectivity index (χ1n) is 3.83. The van der Waals surface area contributed by atoms with Crippen molar-refractivity contribution in [1.29, 1.82) is 0 Å². The van der Waals surface area contributed by atoms with Crippen molar-refractivity contribution in [2.24, 2.45) is 0 Å². The molecule has 0 aliphatic heterocycles. The van der Waals surface area contributed by atoms with Gasteiger partial charge in [-0.2, -0.15) is 0 Å². The van der Waals surface area contributed by atoms with Crippen molar-refractivity contribution in [2.75, 3.05) is 12.1 Å². The van der Waals surface area contributed by atoms with Crippen LogP contribution in [0.1, 0.15) is 10.4 Å². The lowest BCUT2D eigenvalue weighted by Crippen LogP contribution is -2.26. The third-order valence-corrected chi connectivity index (χ3v) is 2.02. The van der Waals surface area contributed by atoms with Gasteiger partial charge in [0.15, 0.2) is 0 Å². The monoisotopic (exact) mass is 197 g/mol. The first-order chi connectivity index (χ1) is 6.20. The quantitative estimate of drug-likeness (QED) is 0.777. The van der Waals surface area contributed by atoms with E-state index in [9.17, 15) is 9.00 Å². The van der Waals surface area contributed by atoms with Crippen LogP contribution in [0.25, 0.3) is 0 Å². The number of hydrogen-bond acceptors (Lipinski definition) is 2. The van der Waals surface area contributed by atoms with E-state index in [0.29, 0.717) is 5.56 Å². The molecule has 1 unspecified atom stereocenters. The summed E-state index contributed by atoms with van der Waals surface area (Å²) in [5.74, 6) is 0.0177. The van der Waals surface area contributed by atoms with Crippen molar-refractivity contribution < 1.29 is 9.00 Å². The van der Waals surface area contributed by atoms with Gasteiger partial charge in [-0.25, -0.2) is 0 Å². The summed E-state index contributed by atoms with van der Waals surface area (Å²) in [6.07, 6.45) is 1.55. The van der Waals surface area contributed by atoms with E-state index in [1.165, 1.54) is 0 Å². The van der Waals surface area contributed by atoms with E-state index in [-0.39, 0.29) is 11.8 Å². The van der Waals surface area contributed by atoms with Crippen LogP contribution < -0.4 is 5.32 Å². The number of benzene rings is 1. The van der Waals surface area contributed by atoms with Gasteiger partial charge in [0, 0.05) is 22.6 Å². The van der Waals surface area contributed by atoms with Gasteiger partial charge < -0.3 is 5.32 Å². The van der Waals surface area contributed by atoms with E-state index in [4.69, 9.17) is 0 Å². The molecule has 0 radical (unpaired) electrons. The average molecular weight is 197 g/mol. The van der Waals surface area contributed by atoms with Crippen LogP contribution in [-0.2, 0) is 10.8 Å². The summed E-state index contributed by atoms with van der Waals surface area (Å²) in [5.41, 5.74) is 0.591. The largest absolute Gasteiger partial charge is 0.340 e. The SMILES string of the molecule is CS(=O)CNC(=O)c1ccccc1. The van der Waals surface area contributed by atoms with Crippen LogP contribution in [0, 0.1) is 0 Å². The zero-order chi connectivity index (χ0) is 9.68. The molecule has 0 bridgehead atoms. The van der Waals surface area contributed by atoms with E-state index in [1.54, 1.807) is 30.5 Å². The van der Waals surface area contributed by atoms with Gasteiger partial charge in [0.05, 0.1) is 5.88 Å². The summed E-state index contributed by atoms with van der Waals surface area (Å²) >= 11 is 0. The minimum Gasteiger partial charge on any atom is -0.340 e. The minimum absolute atomic E-state index is 0.184. The lowest BCUT2D eigenvalue weighted by molar-refractivity contribution is 0.0960. The van der Waals surface area contributed by atoms with Gasteiger partial charge in [0.2, 0.25) is 0 Å². The fraction of sp³-hybridized carbons (Fsp3) is 0.222. The Balaban J connectivity index is 2.54. The second-order valence-corrected chi connectivity index (χ2v) is 4.02. The van der Waals surface area contributed by atoms with Crippen LogP contribution in [-0.4, -0.2) is 22.2 Å². The predicted molar refractivity (Wildman–Crippen MR) is 52.8 cm³/mol. The number of rotatable bonds is 3. The van der Waals surface area contributed by atoms with Gasteiger partial charge in [-0.3, -0.25) is 9.00 Å². The molecule has 13 heavy (non-hydrogen) atoms. The van der Waals surface area contributed by atoms with Crippen LogP contribution in [0.15, 0.2) is 30.3 Å². The van der Waals surface area contributed by atoms with Gasteiger partial charge in [-0.1, -0.05) is 18.2 Å². The molecule has 1 aromatic carbocycles. The Bertz CT molecular complexity index is 311. The zero-order valence-electron chi connectivity index (χ0n) is 7.32. The van der Waals surface area contributed by atoms with Gasteiger partial charge in [0.1, 0.15) is 0 Å². The van der Waals surface area contributed by atoms with Gasteiger partial charge in [0.25, 0.3) is 5.91 Å². The Morgan fingerprint density at radius 1 is 1.38 bits per heavy atom. The molecule has 1 N–H and O–H groups in total. The molecule has 0 aliphatic rings. The lowest BCUT2D eigenvalue weighted by Gasteiger charge is -2.01. The molecule has 0 fully saturated rings. The highest BCUT2D eigenvalue weighted by atomic mass is 32.2. The molecule has 1 rings (SSSR count). The van der Waals surface area contributed by atoms with E-state index in [1.807, 2.05) is 6.07 Å². The average Bonchev–Trinajstić information content (AvgIpc) is 2.15. The molecular formula is C9H11NO2S. The maximum atomic E-state index is 11.3. The molecule has 0 aromatic heterocycles. The molecule has 3 nitrogen and oxygen atoms in total. The standard InChI is InChI=1S/C9H11NO2S/c1-13(12)7-10-9(11)8-5-3-2-4-6-8/h2-6H,7H2,1H3,(H,10,11). The molecule has 0 spiro atoms. The second kappa shape index (κ2) is 4.77. The van der Waals surface area contributed by atoms with Crippen molar-refractivity contribution in [3.8, 4) is 0 Å². The minimum atomic E-state index is -0.992. The third kappa shape index (κ3) is 3.38. The van der Waals surface area contributed by atoms with Crippen molar-refractivity contribution in [2.45, 2.75) is 0 Å². The Kier molecular flexibility index (Phi) is 3.64. The molecule has 4 heteroatoms. The summed E-state index contributed by atoms with van der Waals surface area (Å²) in [6.45, 7) is 0. The number of hydrogen-bond donors (Lipinski definition) is 1. The van der Waals surface area contributed by atoms with E-state index >= 15 is 0 Å². The van der Waals surface area contributed by atoms with Crippen LogP contribution in [0.4, 0.5) is 0 Å². The van der Waals surface area contributed by atoms with Crippen molar-refractivity contribution in [3.63, 3.8) is 0 Å². The molecule has 1 aromatic rings. The van der Waals surface area contributed by atoms with Crippen molar-refractivity contribution >= 4 is 16.7 Å². The molecule has 0 heterocycles. The summed E-state index contributed by atoms with van der Waals surface area (Å²) in [4.78, 5) is 11.3. The van der Waals surface area contributed by atoms with Gasteiger partial charge in [-0.05, 0) is 12.1 Å². The van der Waals surface area contributed by atoms with Crippen molar-refractivity contribution in [1.82, 2.24) is 5.32 Å². The van der Waals surface area contributed by atoms with E-state index in [2.05, 4.69) is 5.32 Å². The van der Waals surface area contributed by atoms with Gasteiger partial charge in [-0.15, -0.1) is 0 Å². The molecule has 0 saturated carbocycles. The topological polar surface area (TPSA) is 46.2 Å². The molecular weight excluding hydrogens is 186 g/mol. The molecule has 1 amide bonds. The van der Waals surface area contributed by atoms with Crippen molar-refractivity contribution in [3.05, 3.63) is 35.9 Å². The smallest absolute Gasteiger partial charge is 0.252 e. The Morgan fingerprint density at radius 3 is 2.54 bits per heavy atom. The Hall–Kier alpha value is -1.16. The van der Waals surface area contributed by atoms with E-state index < -0.39 is 10.8 Å². The molecule has 1 atom stereocenters. The fourth-order valence-corrected chi connectivity index (χ4v) is 1.19.